The molecule has 7 heteroatoms. The van der Waals surface area contributed by atoms with E-state index in [2.05, 4.69) is 5.32 Å². The third-order valence-electron chi connectivity index (χ3n) is 4.46. The predicted molar refractivity (Wildman–Crippen MR) is 90.9 cm³/mol. The van der Waals surface area contributed by atoms with E-state index in [-0.39, 0.29) is 24.3 Å². The van der Waals surface area contributed by atoms with Crippen LogP contribution in [0, 0.1) is 0 Å². The number of furan rings is 1. The first kappa shape index (κ1) is 19.0. The Labute approximate surface area is 147 Å². The lowest BCUT2D eigenvalue weighted by molar-refractivity contribution is -0.154. The van der Waals surface area contributed by atoms with Crippen molar-refractivity contribution in [3.05, 3.63) is 24.2 Å². The molecule has 7 nitrogen and oxygen atoms in total. The number of ether oxygens (including phenoxy) is 1. The van der Waals surface area contributed by atoms with Crippen LogP contribution in [0.1, 0.15) is 56.5 Å². The molecule has 1 aromatic rings. The normalized spacial score (nSPS) is 16.1. The molecule has 0 aliphatic heterocycles. The van der Waals surface area contributed by atoms with Crippen LogP contribution in [-0.4, -0.2) is 47.9 Å². The van der Waals surface area contributed by atoms with E-state index in [0.29, 0.717) is 6.54 Å². The van der Waals surface area contributed by atoms with Gasteiger partial charge in [-0.1, -0.05) is 19.3 Å². The number of rotatable bonds is 7. The smallest absolute Gasteiger partial charge is 0.328 e. The number of nitrogens with zero attached hydrogens (tertiary/aromatic N) is 1. The summed E-state index contributed by atoms with van der Waals surface area (Å²) < 4.78 is 10.0. The minimum atomic E-state index is -0.866. The summed E-state index contributed by atoms with van der Waals surface area (Å²) in [4.78, 5) is 38.0. The highest BCUT2D eigenvalue weighted by atomic mass is 16.5. The second kappa shape index (κ2) is 9.25. The molecule has 0 bridgehead atoms. The highest BCUT2D eigenvalue weighted by Gasteiger charge is 2.26. The van der Waals surface area contributed by atoms with Gasteiger partial charge in [0.2, 0.25) is 0 Å². The van der Waals surface area contributed by atoms with Crippen molar-refractivity contribution < 1.29 is 23.5 Å². The van der Waals surface area contributed by atoms with Gasteiger partial charge in [-0.25, -0.2) is 4.79 Å². The third-order valence-corrected chi connectivity index (χ3v) is 4.46. The minimum Gasteiger partial charge on any atom is -0.459 e. The van der Waals surface area contributed by atoms with Crippen LogP contribution in [0.15, 0.2) is 22.8 Å². The van der Waals surface area contributed by atoms with E-state index in [1.165, 1.54) is 25.7 Å². The predicted octanol–water partition coefficient (Wildman–Crippen LogP) is 2.12. The Balaban J connectivity index is 1.79. The topological polar surface area (TPSA) is 88.9 Å². The summed E-state index contributed by atoms with van der Waals surface area (Å²) >= 11 is 0. The van der Waals surface area contributed by atoms with Gasteiger partial charge in [-0.15, -0.1) is 0 Å². The summed E-state index contributed by atoms with van der Waals surface area (Å²) in [6, 6.07) is 2.46. The second-order valence-electron chi connectivity index (χ2n) is 6.25. The molecule has 0 spiro atoms. The number of esters is 1. The summed E-state index contributed by atoms with van der Waals surface area (Å²) in [5.41, 5.74) is 0. The SMILES string of the molecule is CCN(C(=O)COC(=O)[C@H](C)NC(=O)c1ccco1)C1CCCCC1. The molecule has 1 aromatic heterocycles. The van der Waals surface area contributed by atoms with Gasteiger partial charge in [0.25, 0.3) is 11.8 Å². The van der Waals surface area contributed by atoms with E-state index in [1.807, 2.05) is 6.92 Å². The minimum absolute atomic E-state index is 0.116. The number of hydrogen-bond acceptors (Lipinski definition) is 5. The molecule has 2 amide bonds. The molecule has 1 aliphatic rings. The first-order valence-corrected chi connectivity index (χ1v) is 8.83. The monoisotopic (exact) mass is 350 g/mol. The van der Waals surface area contributed by atoms with Crippen molar-refractivity contribution >= 4 is 17.8 Å². The molecule has 0 unspecified atom stereocenters. The maximum absolute atomic E-state index is 12.4. The maximum atomic E-state index is 12.4. The highest BCUT2D eigenvalue weighted by Crippen LogP contribution is 2.22. The Bertz CT molecular complexity index is 578. The van der Waals surface area contributed by atoms with Crippen molar-refractivity contribution in [2.45, 2.75) is 58.0 Å². The molecule has 1 heterocycles. The standard InChI is InChI=1S/C18H26N2O5/c1-3-20(14-8-5-4-6-9-14)16(21)12-25-18(23)13(2)19-17(22)15-10-7-11-24-15/h7,10-11,13-14H,3-6,8-9,12H2,1-2H3,(H,19,22)/t13-/m0/s1. The molecule has 1 aliphatic carbocycles. The van der Waals surface area contributed by atoms with Crippen LogP contribution < -0.4 is 5.32 Å². The largest absolute Gasteiger partial charge is 0.459 e. The Morgan fingerprint density at radius 3 is 2.64 bits per heavy atom. The molecule has 0 aromatic carbocycles. The Kier molecular flexibility index (Phi) is 7.03. The maximum Gasteiger partial charge on any atom is 0.328 e. The molecule has 138 valence electrons. The van der Waals surface area contributed by atoms with E-state index in [1.54, 1.807) is 11.0 Å². The first-order valence-electron chi connectivity index (χ1n) is 8.83. The van der Waals surface area contributed by atoms with Crippen LogP contribution in [0.4, 0.5) is 0 Å². The van der Waals surface area contributed by atoms with E-state index in [9.17, 15) is 14.4 Å². The highest BCUT2D eigenvalue weighted by molar-refractivity contribution is 5.94. The van der Waals surface area contributed by atoms with E-state index >= 15 is 0 Å². The van der Waals surface area contributed by atoms with Gasteiger partial charge in [0, 0.05) is 12.6 Å². The molecule has 0 saturated heterocycles. The molecule has 1 saturated carbocycles. The molecule has 1 N–H and O–H groups in total. The van der Waals surface area contributed by atoms with Crippen LogP contribution in [0.25, 0.3) is 0 Å². The molecule has 2 rings (SSSR count). The Morgan fingerprint density at radius 2 is 2.04 bits per heavy atom. The second-order valence-corrected chi connectivity index (χ2v) is 6.25. The molecule has 1 fully saturated rings. The summed E-state index contributed by atoms with van der Waals surface area (Å²) in [7, 11) is 0. The Hall–Kier alpha value is -2.31. The van der Waals surface area contributed by atoms with E-state index in [0.717, 1.165) is 25.7 Å². The van der Waals surface area contributed by atoms with Gasteiger partial charge in [0.1, 0.15) is 6.04 Å². The van der Waals surface area contributed by atoms with Crippen LogP contribution in [0.2, 0.25) is 0 Å². The fourth-order valence-electron chi connectivity index (χ4n) is 3.11. The molecule has 0 radical (unpaired) electrons. The number of amides is 2. The van der Waals surface area contributed by atoms with Crippen LogP contribution >= 0.6 is 0 Å². The Morgan fingerprint density at radius 1 is 1.32 bits per heavy atom. The quantitative estimate of drug-likeness (QED) is 0.761. The van der Waals surface area contributed by atoms with Gasteiger partial charge in [-0.2, -0.15) is 0 Å². The number of carbonyl (C=O) groups excluding carboxylic acids is 3. The zero-order chi connectivity index (χ0) is 18.2. The van der Waals surface area contributed by atoms with Crippen LogP contribution in [0.3, 0.4) is 0 Å². The zero-order valence-corrected chi connectivity index (χ0v) is 14.8. The zero-order valence-electron chi connectivity index (χ0n) is 14.8. The molecule has 1 atom stereocenters. The van der Waals surface area contributed by atoms with Crippen LogP contribution in [-0.2, 0) is 14.3 Å². The number of nitrogens with one attached hydrogen (secondary N) is 1. The van der Waals surface area contributed by atoms with Crippen LogP contribution in [0.5, 0.6) is 0 Å². The van der Waals surface area contributed by atoms with E-state index in [4.69, 9.17) is 9.15 Å². The van der Waals surface area contributed by atoms with Crippen molar-refractivity contribution in [3.63, 3.8) is 0 Å². The summed E-state index contributed by atoms with van der Waals surface area (Å²) in [6.07, 6.45) is 6.85. The van der Waals surface area contributed by atoms with Crippen molar-refractivity contribution in [2.75, 3.05) is 13.2 Å². The van der Waals surface area contributed by atoms with Crippen molar-refractivity contribution in [1.82, 2.24) is 10.2 Å². The van der Waals surface area contributed by atoms with Gasteiger partial charge in [0.05, 0.1) is 6.26 Å². The van der Waals surface area contributed by atoms with Crippen molar-refractivity contribution in [3.8, 4) is 0 Å². The molecule has 25 heavy (non-hydrogen) atoms. The van der Waals surface area contributed by atoms with Gasteiger partial charge < -0.3 is 19.4 Å². The van der Waals surface area contributed by atoms with Gasteiger partial charge in [0.15, 0.2) is 12.4 Å². The molecular weight excluding hydrogens is 324 g/mol. The number of likely N-dealkylation sites (N-methyl/N-ethyl adjacent to an activating group) is 1. The van der Waals surface area contributed by atoms with Gasteiger partial charge >= 0.3 is 5.97 Å². The van der Waals surface area contributed by atoms with E-state index < -0.39 is 17.9 Å². The van der Waals surface area contributed by atoms with Crippen molar-refractivity contribution in [1.29, 1.82) is 0 Å². The average molecular weight is 350 g/mol. The lowest BCUT2D eigenvalue weighted by atomic mass is 9.94. The summed E-state index contributed by atoms with van der Waals surface area (Å²) in [5.74, 6) is -1.22. The first-order chi connectivity index (χ1) is 12.0. The summed E-state index contributed by atoms with van der Waals surface area (Å²) in [5, 5.41) is 2.48. The summed E-state index contributed by atoms with van der Waals surface area (Å²) in [6.45, 7) is 3.74. The van der Waals surface area contributed by atoms with Gasteiger partial charge in [-0.3, -0.25) is 9.59 Å². The lowest BCUT2D eigenvalue weighted by Gasteiger charge is -2.33. The van der Waals surface area contributed by atoms with Crippen molar-refractivity contribution in [2.24, 2.45) is 0 Å². The van der Waals surface area contributed by atoms with Gasteiger partial charge in [-0.05, 0) is 38.8 Å². The lowest BCUT2D eigenvalue weighted by Crippen LogP contribution is -2.45. The average Bonchev–Trinajstić information content (AvgIpc) is 3.16. The fourth-order valence-corrected chi connectivity index (χ4v) is 3.11. The number of carbonyl (C=O) groups is 3. The third kappa shape index (κ3) is 5.34. The number of hydrogen-bond donors (Lipinski definition) is 1. The molecular formula is C18H26N2O5. The fraction of sp³-hybridized carbons (Fsp3) is 0.611.